The lowest BCUT2D eigenvalue weighted by Gasteiger charge is -2.03. The van der Waals surface area contributed by atoms with Gasteiger partial charge >= 0.3 is 0 Å². The van der Waals surface area contributed by atoms with E-state index in [-0.39, 0.29) is 11.7 Å². The van der Waals surface area contributed by atoms with Crippen molar-refractivity contribution in [3.05, 3.63) is 41.7 Å². The normalized spacial score (nSPS) is 10.6. The number of rotatable bonds is 2. The van der Waals surface area contributed by atoms with Crippen molar-refractivity contribution >= 4 is 11.6 Å². The monoisotopic (exact) mass is 225 g/mol. The molecule has 0 atom stereocenters. The van der Waals surface area contributed by atoms with Crippen LogP contribution in [0.5, 0.6) is 0 Å². The minimum atomic E-state index is -0.261. The first-order valence-electron chi connectivity index (χ1n) is 4.47. The molecule has 0 saturated heterocycles. The third-order valence-corrected chi connectivity index (χ3v) is 2.45. The van der Waals surface area contributed by atoms with Crippen LogP contribution < -0.4 is 0 Å². The van der Waals surface area contributed by atoms with E-state index in [1.807, 2.05) is 6.92 Å². The highest BCUT2D eigenvalue weighted by molar-refractivity contribution is 6.17. The van der Waals surface area contributed by atoms with Crippen LogP contribution in [0.2, 0.25) is 0 Å². The van der Waals surface area contributed by atoms with Crippen LogP contribution in [-0.2, 0) is 5.88 Å². The van der Waals surface area contributed by atoms with Gasteiger partial charge in [-0.15, -0.1) is 11.6 Å². The minimum absolute atomic E-state index is 0.261. The summed E-state index contributed by atoms with van der Waals surface area (Å²) in [5, 5.41) is 0. The molecule has 0 aliphatic carbocycles. The highest BCUT2D eigenvalue weighted by Crippen LogP contribution is 2.27. The Morgan fingerprint density at radius 2 is 2.27 bits per heavy atom. The second kappa shape index (κ2) is 4.03. The summed E-state index contributed by atoms with van der Waals surface area (Å²) in [5.41, 5.74) is 2.30. The quantitative estimate of drug-likeness (QED) is 0.731. The Labute approximate surface area is 91.7 Å². The summed E-state index contributed by atoms with van der Waals surface area (Å²) >= 11 is 5.71. The predicted octanol–water partition coefficient (Wildman–Crippen LogP) is 3.53. The zero-order chi connectivity index (χ0) is 10.8. The molecule has 15 heavy (non-hydrogen) atoms. The zero-order valence-corrected chi connectivity index (χ0v) is 8.88. The molecule has 1 aromatic heterocycles. The van der Waals surface area contributed by atoms with Crippen molar-refractivity contribution in [3.63, 3.8) is 0 Å². The molecule has 2 nitrogen and oxygen atoms in total. The van der Waals surface area contributed by atoms with E-state index in [1.54, 1.807) is 6.07 Å². The lowest BCUT2D eigenvalue weighted by molar-refractivity contribution is 0.570. The van der Waals surface area contributed by atoms with Gasteiger partial charge in [-0.3, -0.25) is 0 Å². The Balaban J connectivity index is 2.54. The van der Waals surface area contributed by atoms with Crippen LogP contribution in [0.15, 0.2) is 29.0 Å². The van der Waals surface area contributed by atoms with E-state index in [9.17, 15) is 4.39 Å². The van der Waals surface area contributed by atoms with Crippen LogP contribution in [-0.4, -0.2) is 4.98 Å². The van der Waals surface area contributed by atoms with Crippen molar-refractivity contribution in [1.82, 2.24) is 4.98 Å². The molecule has 78 valence electrons. The number of nitrogens with zero attached hydrogens (tertiary/aromatic N) is 1. The van der Waals surface area contributed by atoms with E-state index in [2.05, 4.69) is 4.98 Å². The molecule has 0 radical (unpaired) electrons. The van der Waals surface area contributed by atoms with Crippen LogP contribution in [0.25, 0.3) is 11.3 Å². The lowest BCUT2D eigenvalue weighted by Crippen LogP contribution is -1.87. The Hall–Kier alpha value is -1.35. The number of hydrogen-bond donors (Lipinski definition) is 0. The van der Waals surface area contributed by atoms with Gasteiger partial charge in [0.2, 0.25) is 0 Å². The van der Waals surface area contributed by atoms with Crippen molar-refractivity contribution in [3.8, 4) is 11.3 Å². The molecule has 1 aromatic carbocycles. The van der Waals surface area contributed by atoms with Crippen molar-refractivity contribution in [2.24, 2.45) is 0 Å². The molecule has 0 amide bonds. The lowest BCUT2D eigenvalue weighted by atomic mass is 10.1. The molecular formula is C11H9ClFNO. The summed E-state index contributed by atoms with van der Waals surface area (Å²) in [6.45, 7) is 1.82. The van der Waals surface area contributed by atoms with E-state index in [4.69, 9.17) is 16.0 Å². The molecule has 0 aliphatic rings. The SMILES string of the molecule is Cc1cc(F)ccc1-c1ocnc1CCl. The number of aryl methyl sites for hydroxylation is 1. The number of halogens is 2. The maximum absolute atomic E-state index is 12.9. The van der Waals surface area contributed by atoms with Crippen LogP contribution in [0.4, 0.5) is 4.39 Å². The van der Waals surface area contributed by atoms with Gasteiger partial charge in [0, 0.05) is 5.56 Å². The van der Waals surface area contributed by atoms with Crippen LogP contribution >= 0.6 is 11.6 Å². The summed E-state index contributed by atoms with van der Waals surface area (Å²) in [4.78, 5) is 3.98. The summed E-state index contributed by atoms with van der Waals surface area (Å²) in [6, 6.07) is 4.51. The van der Waals surface area contributed by atoms with Gasteiger partial charge in [-0.2, -0.15) is 0 Å². The topological polar surface area (TPSA) is 26.0 Å². The Morgan fingerprint density at radius 3 is 2.93 bits per heavy atom. The smallest absolute Gasteiger partial charge is 0.181 e. The average Bonchev–Trinajstić information content (AvgIpc) is 2.65. The van der Waals surface area contributed by atoms with Crippen LogP contribution in [0.1, 0.15) is 11.3 Å². The van der Waals surface area contributed by atoms with Gasteiger partial charge in [0.1, 0.15) is 11.5 Å². The van der Waals surface area contributed by atoms with Gasteiger partial charge in [-0.05, 0) is 30.7 Å². The largest absolute Gasteiger partial charge is 0.443 e. The maximum Gasteiger partial charge on any atom is 0.181 e. The van der Waals surface area contributed by atoms with Crippen molar-refractivity contribution in [1.29, 1.82) is 0 Å². The predicted molar refractivity (Wildman–Crippen MR) is 56.2 cm³/mol. The molecule has 0 unspecified atom stereocenters. The first kappa shape index (κ1) is 10.2. The molecule has 0 spiro atoms. The fourth-order valence-electron chi connectivity index (χ4n) is 1.47. The third-order valence-electron chi connectivity index (χ3n) is 2.20. The van der Waals surface area contributed by atoms with E-state index in [0.29, 0.717) is 11.5 Å². The number of hydrogen-bond acceptors (Lipinski definition) is 2. The zero-order valence-electron chi connectivity index (χ0n) is 8.13. The third kappa shape index (κ3) is 1.88. The fraction of sp³-hybridized carbons (Fsp3) is 0.182. The van der Waals surface area contributed by atoms with Crippen LogP contribution in [0, 0.1) is 12.7 Å². The van der Waals surface area contributed by atoms with Gasteiger partial charge in [0.15, 0.2) is 12.2 Å². The van der Waals surface area contributed by atoms with Gasteiger partial charge in [0.25, 0.3) is 0 Å². The second-order valence-corrected chi connectivity index (χ2v) is 3.49. The molecule has 0 N–H and O–H groups in total. The summed E-state index contributed by atoms with van der Waals surface area (Å²) in [5.74, 6) is 0.633. The molecule has 0 bridgehead atoms. The Morgan fingerprint density at radius 1 is 1.47 bits per heavy atom. The van der Waals surface area contributed by atoms with Gasteiger partial charge in [-0.25, -0.2) is 9.37 Å². The molecular weight excluding hydrogens is 217 g/mol. The number of benzene rings is 1. The number of oxazole rings is 1. The van der Waals surface area contributed by atoms with Crippen LogP contribution in [0.3, 0.4) is 0 Å². The second-order valence-electron chi connectivity index (χ2n) is 3.22. The summed E-state index contributed by atoms with van der Waals surface area (Å²) in [6.07, 6.45) is 1.34. The first-order chi connectivity index (χ1) is 7.22. The van der Waals surface area contributed by atoms with Crippen molar-refractivity contribution in [2.75, 3.05) is 0 Å². The summed E-state index contributed by atoms with van der Waals surface area (Å²) < 4.78 is 18.1. The highest BCUT2D eigenvalue weighted by Gasteiger charge is 2.12. The Kier molecular flexibility index (Phi) is 2.73. The molecule has 0 aliphatic heterocycles. The van der Waals surface area contributed by atoms with E-state index < -0.39 is 0 Å². The molecule has 2 rings (SSSR count). The maximum atomic E-state index is 12.9. The number of aromatic nitrogens is 1. The molecule has 2 aromatic rings. The summed E-state index contributed by atoms with van der Waals surface area (Å²) in [7, 11) is 0. The van der Waals surface area contributed by atoms with Gasteiger partial charge in [-0.1, -0.05) is 0 Å². The van der Waals surface area contributed by atoms with E-state index in [0.717, 1.165) is 11.1 Å². The first-order valence-corrected chi connectivity index (χ1v) is 5.00. The minimum Gasteiger partial charge on any atom is -0.443 e. The standard InChI is InChI=1S/C11H9ClFNO/c1-7-4-8(13)2-3-9(7)11-10(5-12)14-6-15-11/h2-4,6H,5H2,1H3. The fourth-order valence-corrected chi connectivity index (χ4v) is 1.66. The molecule has 4 heteroatoms. The molecule has 1 heterocycles. The van der Waals surface area contributed by atoms with Gasteiger partial charge in [0.05, 0.1) is 5.88 Å². The van der Waals surface area contributed by atoms with Gasteiger partial charge < -0.3 is 4.42 Å². The average molecular weight is 226 g/mol. The van der Waals surface area contributed by atoms with E-state index in [1.165, 1.54) is 18.5 Å². The molecule has 0 fully saturated rings. The van der Waals surface area contributed by atoms with E-state index >= 15 is 0 Å². The van der Waals surface area contributed by atoms with Crippen molar-refractivity contribution in [2.45, 2.75) is 12.8 Å². The Bertz CT molecular complexity index is 481. The highest BCUT2D eigenvalue weighted by atomic mass is 35.5. The number of alkyl halides is 1. The molecule has 0 saturated carbocycles. The van der Waals surface area contributed by atoms with Crippen molar-refractivity contribution < 1.29 is 8.81 Å².